The van der Waals surface area contributed by atoms with Crippen molar-refractivity contribution in [3.63, 3.8) is 0 Å². The van der Waals surface area contributed by atoms with Crippen LogP contribution in [0.5, 0.6) is 5.75 Å². The fourth-order valence-corrected chi connectivity index (χ4v) is 4.12. The van der Waals surface area contributed by atoms with Crippen LogP contribution in [0.2, 0.25) is 0 Å². The zero-order valence-corrected chi connectivity index (χ0v) is 20.8. The number of nitro groups is 1. The maximum Gasteiger partial charge on any atom is 0.387 e. The lowest BCUT2D eigenvalue weighted by molar-refractivity contribution is -0.384. The number of aliphatic hydroxyl groups is 1. The molecule has 0 radical (unpaired) electrons. The van der Waals surface area contributed by atoms with Crippen molar-refractivity contribution in [1.29, 1.82) is 0 Å². The number of benzene rings is 2. The van der Waals surface area contributed by atoms with Crippen molar-refractivity contribution in [2.45, 2.75) is 38.5 Å². The number of nitro benzene ring substituents is 1. The van der Waals surface area contributed by atoms with Crippen molar-refractivity contribution < 1.29 is 27.9 Å². The first-order valence-electron chi connectivity index (χ1n) is 10.6. The van der Waals surface area contributed by atoms with Crippen molar-refractivity contribution in [3.05, 3.63) is 87.2 Å². The lowest BCUT2D eigenvalue weighted by Crippen LogP contribution is -2.19. The van der Waals surface area contributed by atoms with E-state index in [9.17, 15) is 28.4 Å². The quantitative estimate of drug-likeness (QED) is 0.163. The molecule has 190 valence electrons. The molecule has 0 saturated heterocycles. The molecule has 0 bridgehead atoms. The van der Waals surface area contributed by atoms with Gasteiger partial charge < -0.3 is 15.2 Å². The summed E-state index contributed by atoms with van der Waals surface area (Å²) in [6, 6.07) is 5.62. The van der Waals surface area contributed by atoms with Gasteiger partial charge in [-0.1, -0.05) is 28.1 Å². The molecule has 12 heteroatoms. The van der Waals surface area contributed by atoms with Gasteiger partial charge in [-0.25, -0.2) is 14.4 Å². The van der Waals surface area contributed by atoms with Gasteiger partial charge in [0.15, 0.2) is 5.82 Å². The van der Waals surface area contributed by atoms with E-state index >= 15 is 0 Å². The highest BCUT2D eigenvalue weighted by Crippen LogP contribution is 2.40. The second-order valence-electron chi connectivity index (χ2n) is 8.21. The Labute approximate surface area is 213 Å². The Morgan fingerprint density at radius 2 is 1.97 bits per heavy atom. The number of hydrogen-bond acceptors (Lipinski definition) is 7. The molecule has 1 unspecified atom stereocenters. The van der Waals surface area contributed by atoms with Gasteiger partial charge >= 0.3 is 6.61 Å². The number of halogens is 4. The molecule has 36 heavy (non-hydrogen) atoms. The predicted octanol–water partition coefficient (Wildman–Crippen LogP) is 6.51. The molecule has 1 atom stereocenters. The van der Waals surface area contributed by atoms with E-state index in [1.54, 1.807) is 6.07 Å². The van der Waals surface area contributed by atoms with Crippen LogP contribution < -0.4 is 10.1 Å². The number of nitrogens with zero attached hydrogens (tertiary/aromatic N) is 3. The summed E-state index contributed by atoms with van der Waals surface area (Å²) < 4.78 is 46.1. The highest BCUT2D eigenvalue weighted by molar-refractivity contribution is 9.10. The Morgan fingerprint density at radius 3 is 2.53 bits per heavy atom. The molecule has 0 fully saturated rings. The molecule has 3 rings (SSSR count). The van der Waals surface area contributed by atoms with Gasteiger partial charge in [0.25, 0.3) is 5.69 Å². The van der Waals surface area contributed by atoms with Crippen molar-refractivity contribution in [3.8, 4) is 16.9 Å². The van der Waals surface area contributed by atoms with Crippen LogP contribution in [0.15, 0.2) is 59.9 Å². The van der Waals surface area contributed by atoms with Crippen LogP contribution in [0, 0.1) is 15.9 Å². The summed E-state index contributed by atoms with van der Waals surface area (Å²) in [6.07, 6.45) is 4.24. The third kappa shape index (κ3) is 6.18. The average molecular weight is 567 g/mol. The molecular weight excluding hydrogens is 545 g/mol. The summed E-state index contributed by atoms with van der Waals surface area (Å²) in [4.78, 5) is 19.1. The maximum atomic E-state index is 14.9. The van der Waals surface area contributed by atoms with Gasteiger partial charge in [-0.15, -0.1) is 6.58 Å². The summed E-state index contributed by atoms with van der Waals surface area (Å²) >= 11 is 3.32. The summed E-state index contributed by atoms with van der Waals surface area (Å²) in [5, 5.41) is 24.7. The van der Waals surface area contributed by atoms with E-state index in [1.807, 2.05) is 0 Å². The highest BCUT2D eigenvalue weighted by Gasteiger charge is 2.26. The van der Waals surface area contributed by atoms with Crippen LogP contribution in [-0.2, 0) is 5.60 Å². The lowest BCUT2D eigenvalue weighted by atomic mass is 10.0. The first-order valence-corrected chi connectivity index (χ1v) is 11.4. The zero-order chi connectivity index (χ0) is 26.6. The van der Waals surface area contributed by atoms with E-state index in [-0.39, 0.29) is 40.4 Å². The number of nitrogens with one attached hydrogen (secondary N) is 1. The molecule has 1 heterocycles. The Kier molecular flexibility index (Phi) is 8.31. The molecule has 2 aromatic carbocycles. The van der Waals surface area contributed by atoms with Crippen LogP contribution in [-0.4, -0.2) is 26.6 Å². The van der Waals surface area contributed by atoms with Gasteiger partial charge in [-0.3, -0.25) is 10.1 Å². The number of hydrogen-bond donors (Lipinski definition) is 2. The minimum atomic E-state index is -3.10. The summed E-state index contributed by atoms with van der Waals surface area (Å²) in [5.41, 5.74) is -1.52. The fourth-order valence-electron chi connectivity index (χ4n) is 3.49. The van der Waals surface area contributed by atoms with Crippen molar-refractivity contribution in [2.24, 2.45) is 0 Å². The number of alkyl halides is 2. The minimum absolute atomic E-state index is 0.0427. The van der Waals surface area contributed by atoms with Gasteiger partial charge in [-0.2, -0.15) is 8.78 Å². The largest absolute Gasteiger partial charge is 0.434 e. The van der Waals surface area contributed by atoms with Gasteiger partial charge in [0.2, 0.25) is 0 Å². The van der Waals surface area contributed by atoms with Crippen molar-refractivity contribution >= 4 is 27.3 Å². The maximum absolute atomic E-state index is 14.9. The van der Waals surface area contributed by atoms with Gasteiger partial charge in [0.1, 0.15) is 22.9 Å². The summed E-state index contributed by atoms with van der Waals surface area (Å²) in [5.74, 6) is -0.924. The normalized spacial score (nSPS) is 12.3. The Hall–Kier alpha value is -3.51. The summed E-state index contributed by atoms with van der Waals surface area (Å²) in [6.45, 7) is 3.56. The van der Waals surface area contributed by atoms with Gasteiger partial charge in [-0.05, 0) is 38.5 Å². The Bertz CT molecular complexity index is 1270. The topological polar surface area (TPSA) is 110 Å². The molecule has 0 saturated carbocycles. The molecule has 0 amide bonds. The van der Waals surface area contributed by atoms with Crippen LogP contribution >= 0.6 is 15.9 Å². The van der Waals surface area contributed by atoms with Gasteiger partial charge in [0.05, 0.1) is 17.0 Å². The van der Waals surface area contributed by atoms with Crippen molar-refractivity contribution in [1.82, 2.24) is 9.97 Å². The number of rotatable bonds is 10. The highest BCUT2D eigenvalue weighted by atomic mass is 79.9. The third-order valence-electron chi connectivity index (χ3n) is 5.10. The Balaban J connectivity index is 2.11. The minimum Gasteiger partial charge on any atom is -0.434 e. The molecular formula is C24H22BrF3N4O4. The van der Waals surface area contributed by atoms with Crippen LogP contribution in [0.1, 0.15) is 37.7 Å². The average Bonchev–Trinajstić information content (AvgIpc) is 2.79. The van der Waals surface area contributed by atoms with E-state index in [1.165, 1.54) is 50.5 Å². The molecule has 8 nitrogen and oxygen atoms in total. The zero-order valence-electron chi connectivity index (χ0n) is 19.2. The van der Waals surface area contributed by atoms with Crippen molar-refractivity contribution in [2.75, 3.05) is 5.32 Å². The molecule has 0 spiro atoms. The second kappa shape index (κ2) is 11.0. The SMILES string of the molecule is C=CCC(Nc1cc(-c2cnc(C(C)(C)O)nc2)c(F)cc1[N+](=O)[O-])c1c(Br)cccc1OC(F)F. The molecule has 0 aliphatic heterocycles. The predicted molar refractivity (Wildman–Crippen MR) is 131 cm³/mol. The molecule has 0 aliphatic carbocycles. The van der Waals surface area contributed by atoms with E-state index in [0.717, 1.165) is 6.07 Å². The standard InChI is InChI=1S/C24H22BrF3N4O4/c1-4-6-17(21-15(25)7-5-8-20(21)36-23(27)28)31-18-9-14(16(26)10-19(18)32(34)35)13-11-29-22(30-12-13)24(2,3)33/h4-5,7-12,17,23,31,33H,1,6H2,2-3H3. The van der Waals surface area contributed by atoms with E-state index in [2.05, 4.69) is 42.5 Å². The second-order valence-corrected chi connectivity index (χ2v) is 9.07. The van der Waals surface area contributed by atoms with E-state index in [0.29, 0.717) is 4.47 Å². The molecule has 0 aliphatic rings. The molecule has 1 aromatic heterocycles. The third-order valence-corrected chi connectivity index (χ3v) is 5.79. The number of anilines is 1. The van der Waals surface area contributed by atoms with Crippen LogP contribution in [0.25, 0.3) is 11.1 Å². The van der Waals surface area contributed by atoms with E-state index < -0.39 is 34.7 Å². The van der Waals surface area contributed by atoms with E-state index in [4.69, 9.17) is 0 Å². The first-order chi connectivity index (χ1) is 16.9. The summed E-state index contributed by atoms with van der Waals surface area (Å²) in [7, 11) is 0. The number of aromatic nitrogens is 2. The first kappa shape index (κ1) is 27.1. The molecule has 3 aromatic rings. The number of ether oxygens (including phenoxy) is 1. The van der Waals surface area contributed by atoms with Crippen LogP contribution in [0.4, 0.5) is 24.5 Å². The van der Waals surface area contributed by atoms with Gasteiger partial charge in [0, 0.05) is 33.6 Å². The van der Waals surface area contributed by atoms with Crippen LogP contribution in [0.3, 0.4) is 0 Å². The molecule has 2 N–H and O–H groups in total. The smallest absolute Gasteiger partial charge is 0.387 e. The fraction of sp³-hybridized carbons (Fsp3) is 0.250. The Morgan fingerprint density at radius 1 is 1.31 bits per heavy atom. The monoisotopic (exact) mass is 566 g/mol. The lowest BCUT2D eigenvalue weighted by Gasteiger charge is -2.23.